The Bertz CT molecular complexity index is 1030. The number of hydrogen-bond donors (Lipinski definition) is 0. The number of halogens is 3. The summed E-state index contributed by atoms with van der Waals surface area (Å²) in [4.78, 5) is 16.6. The fourth-order valence-electron chi connectivity index (χ4n) is 2.95. The van der Waals surface area contributed by atoms with Crippen LogP contribution >= 0.6 is 11.3 Å². The van der Waals surface area contributed by atoms with Gasteiger partial charge in [0.25, 0.3) is 5.91 Å². The van der Waals surface area contributed by atoms with Crippen LogP contribution in [0.1, 0.15) is 18.4 Å². The van der Waals surface area contributed by atoms with E-state index in [1.807, 2.05) is 0 Å². The number of piperidine rings is 1. The van der Waals surface area contributed by atoms with E-state index in [0.29, 0.717) is 10.9 Å². The Kier molecular flexibility index (Phi) is 5.78. The van der Waals surface area contributed by atoms with Crippen molar-refractivity contribution < 1.29 is 26.4 Å². The second kappa shape index (κ2) is 7.80. The molecule has 0 saturated carbocycles. The van der Waals surface area contributed by atoms with Gasteiger partial charge in [0.05, 0.1) is 10.5 Å². The van der Waals surface area contributed by atoms with Crippen molar-refractivity contribution in [3.05, 3.63) is 46.2 Å². The number of rotatable bonds is 3. The van der Waals surface area contributed by atoms with E-state index in [4.69, 9.17) is 0 Å². The van der Waals surface area contributed by atoms with Crippen molar-refractivity contribution in [3.63, 3.8) is 0 Å². The van der Waals surface area contributed by atoms with E-state index in [1.165, 1.54) is 11.3 Å². The first-order chi connectivity index (χ1) is 13.1. The van der Waals surface area contributed by atoms with Gasteiger partial charge in [0.2, 0.25) is 10.0 Å². The summed E-state index contributed by atoms with van der Waals surface area (Å²) in [5.41, 5.74) is -1.01. The van der Waals surface area contributed by atoms with Gasteiger partial charge in [0.15, 0.2) is 4.80 Å². The Morgan fingerprint density at radius 2 is 1.93 bits per heavy atom. The van der Waals surface area contributed by atoms with E-state index in [1.54, 1.807) is 23.2 Å². The van der Waals surface area contributed by atoms with Crippen molar-refractivity contribution in [2.75, 3.05) is 13.1 Å². The van der Waals surface area contributed by atoms with Crippen LogP contribution in [0, 0.1) is 5.92 Å². The lowest BCUT2D eigenvalue weighted by molar-refractivity contribution is -0.137. The van der Waals surface area contributed by atoms with Gasteiger partial charge < -0.3 is 4.57 Å². The molecule has 3 rings (SSSR count). The Hall–Kier alpha value is -1.98. The predicted molar refractivity (Wildman–Crippen MR) is 96.8 cm³/mol. The van der Waals surface area contributed by atoms with Crippen LogP contribution < -0.4 is 4.80 Å². The Morgan fingerprint density at radius 3 is 2.50 bits per heavy atom. The van der Waals surface area contributed by atoms with E-state index in [-0.39, 0.29) is 31.8 Å². The number of aromatic nitrogens is 1. The summed E-state index contributed by atoms with van der Waals surface area (Å²) < 4.78 is 66.8. The summed E-state index contributed by atoms with van der Waals surface area (Å²) in [6.07, 6.45) is -2.30. The molecule has 11 heteroatoms. The summed E-state index contributed by atoms with van der Waals surface area (Å²) in [7, 11) is -2.29. The monoisotopic (exact) mass is 433 g/mol. The molecular weight excluding hydrogens is 415 g/mol. The number of aryl methyl sites for hydroxylation is 1. The van der Waals surface area contributed by atoms with Gasteiger partial charge in [-0.1, -0.05) is 6.07 Å². The van der Waals surface area contributed by atoms with Crippen molar-refractivity contribution in [1.29, 1.82) is 0 Å². The molecule has 0 bridgehead atoms. The van der Waals surface area contributed by atoms with Crippen LogP contribution in [-0.4, -0.2) is 36.3 Å². The maximum atomic E-state index is 12.9. The van der Waals surface area contributed by atoms with Gasteiger partial charge in [0, 0.05) is 37.6 Å². The van der Waals surface area contributed by atoms with Crippen LogP contribution in [0.5, 0.6) is 0 Å². The molecule has 1 amide bonds. The van der Waals surface area contributed by atoms with E-state index < -0.39 is 32.6 Å². The smallest absolute Gasteiger partial charge is 0.327 e. The second-order valence-corrected chi connectivity index (χ2v) is 9.26. The highest BCUT2D eigenvalue weighted by Crippen LogP contribution is 2.32. The minimum absolute atomic E-state index is 0.0566. The third-order valence-electron chi connectivity index (χ3n) is 4.57. The van der Waals surface area contributed by atoms with Gasteiger partial charge in [0.1, 0.15) is 0 Å². The lowest BCUT2D eigenvalue weighted by atomic mass is 9.98. The molecule has 1 aromatic heterocycles. The Morgan fingerprint density at radius 1 is 1.25 bits per heavy atom. The zero-order chi connectivity index (χ0) is 20.5. The number of thiazole rings is 1. The summed E-state index contributed by atoms with van der Waals surface area (Å²) >= 11 is 1.32. The molecule has 152 valence electrons. The number of carbonyl (C=O) groups excluding carboxylic acids is 1. The van der Waals surface area contributed by atoms with Crippen LogP contribution in [0.3, 0.4) is 0 Å². The second-order valence-electron chi connectivity index (χ2n) is 6.45. The van der Waals surface area contributed by atoms with E-state index in [2.05, 4.69) is 4.99 Å². The number of hydrogen-bond acceptors (Lipinski definition) is 4. The standard InChI is InChI=1S/C17H18F3N3O3S2/c1-22-9-10-27-16(22)21-15(24)12-5-7-23(8-6-12)28(25,26)14-4-2-3-13(11-14)17(18,19)20/h2-4,9-12H,5-8H2,1H3. The summed E-state index contributed by atoms with van der Waals surface area (Å²) in [6, 6.07) is 3.69. The molecule has 6 nitrogen and oxygen atoms in total. The molecule has 0 N–H and O–H groups in total. The first-order valence-corrected chi connectivity index (χ1v) is 10.8. The predicted octanol–water partition coefficient (Wildman–Crippen LogP) is 2.63. The topological polar surface area (TPSA) is 71.7 Å². The molecule has 1 aliphatic rings. The SMILES string of the molecule is Cn1ccsc1=NC(=O)C1CCN(S(=O)(=O)c2cccc(C(F)(F)F)c2)CC1. The number of sulfonamides is 1. The van der Waals surface area contributed by atoms with E-state index >= 15 is 0 Å². The molecule has 0 radical (unpaired) electrons. The maximum absolute atomic E-state index is 12.9. The molecular formula is C17H18F3N3O3S2. The van der Waals surface area contributed by atoms with Gasteiger partial charge in [-0.3, -0.25) is 4.79 Å². The molecule has 1 saturated heterocycles. The fraction of sp³-hybridized carbons (Fsp3) is 0.412. The van der Waals surface area contributed by atoms with Crippen LogP contribution in [0.2, 0.25) is 0 Å². The minimum Gasteiger partial charge on any atom is -0.327 e. The van der Waals surface area contributed by atoms with Gasteiger partial charge >= 0.3 is 6.18 Å². The van der Waals surface area contributed by atoms with Crippen molar-refractivity contribution in [2.24, 2.45) is 18.0 Å². The van der Waals surface area contributed by atoms with Crippen LogP contribution in [-0.2, 0) is 28.0 Å². The van der Waals surface area contributed by atoms with Gasteiger partial charge in [-0.2, -0.15) is 22.5 Å². The minimum atomic E-state index is -4.62. The van der Waals surface area contributed by atoms with Crippen molar-refractivity contribution in [1.82, 2.24) is 8.87 Å². The number of amides is 1. The first-order valence-electron chi connectivity index (χ1n) is 8.45. The highest BCUT2D eigenvalue weighted by Gasteiger charge is 2.35. The maximum Gasteiger partial charge on any atom is 0.416 e. The number of alkyl halides is 3. The van der Waals surface area contributed by atoms with Gasteiger partial charge in [-0.15, -0.1) is 11.3 Å². The third-order valence-corrected chi connectivity index (χ3v) is 7.31. The quantitative estimate of drug-likeness (QED) is 0.747. The number of benzene rings is 1. The van der Waals surface area contributed by atoms with Crippen LogP contribution in [0.4, 0.5) is 13.2 Å². The molecule has 0 atom stereocenters. The molecule has 1 fully saturated rings. The van der Waals surface area contributed by atoms with Gasteiger partial charge in [-0.25, -0.2) is 8.42 Å². The highest BCUT2D eigenvalue weighted by molar-refractivity contribution is 7.89. The number of carbonyl (C=O) groups is 1. The molecule has 2 aromatic rings. The van der Waals surface area contributed by atoms with E-state index in [0.717, 1.165) is 22.5 Å². The first kappa shape index (κ1) is 20.7. The summed E-state index contributed by atoms with van der Waals surface area (Å²) in [5.74, 6) is -0.718. The molecule has 0 spiro atoms. The van der Waals surface area contributed by atoms with Crippen molar-refractivity contribution in [2.45, 2.75) is 23.9 Å². The zero-order valence-corrected chi connectivity index (χ0v) is 16.5. The molecule has 1 aliphatic heterocycles. The highest BCUT2D eigenvalue weighted by atomic mass is 32.2. The van der Waals surface area contributed by atoms with Crippen LogP contribution in [0.25, 0.3) is 0 Å². The molecule has 0 unspecified atom stereocenters. The largest absolute Gasteiger partial charge is 0.416 e. The summed E-state index contributed by atoms with van der Waals surface area (Å²) in [6.45, 7) is 0.113. The summed E-state index contributed by atoms with van der Waals surface area (Å²) in [5, 5.41) is 1.80. The third kappa shape index (κ3) is 4.36. The fourth-order valence-corrected chi connectivity index (χ4v) is 5.20. The Labute approximate surface area is 164 Å². The lowest BCUT2D eigenvalue weighted by Crippen LogP contribution is -2.40. The molecule has 28 heavy (non-hydrogen) atoms. The van der Waals surface area contributed by atoms with Crippen LogP contribution in [0.15, 0.2) is 45.7 Å². The van der Waals surface area contributed by atoms with Crippen molar-refractivity contribution >= 4 is 27.3 Å². The molecule has 0 aliphatic carbocycles. The van der Waals surface area contributed by atoms with Crippen molar-refractivity contribution in [3.8, 4) is 0 Å². The molecule has 2 heterocycles. The van der Waals surface area contributed by atoms with E-state index in [9.17, 15) is 26.4 Å². The average molecular weight is 433 g/mol. The lowest BCUT2D eigenvalue weighted by Gasteiger charge is -2.29. The average Bonchev–Trinajstić information content (AvgIpc) is 3.06. The van der Waals surface area contributed by atoms with Gasteiger partial charge in [-0.05, 0) is 31.0 Å². The normalized spacial score (nSPS) is 17.8. The number of nitrogens with zero attached hydrogens (tertiary/aromatic N) is 3. The zero-order valence-electron chi connectivity index (χ0n) is 14.9. The molecule has 1 aromatic carbocycles. The Balaban J connectivity index is 1.72.